The minimum atomic E-state index is 0.432. The zero-order valence-corrected chi connectivity index (χ0v) is 4.31. The Balaban J connectivity index is 3.03. The molecule has 1 heteroatoms. The molecule has 0 amide bonds. The number of aryl methyl sites for hydroxylation is 1. The Morgan fingerprint density at radius 3 is 2.00 bits per heavy atom. The van der Waals surface area contributed by atoms with Gasteiger partial charge in [0.05, 0.1) is 0 Å². The van der Waals surface area contributed by atoms with Gasteiger partial charge >= 0.3 is 0 Å². The highest BCUT2D eigenvalue weighted by atomic mass is 13.8. The summed E-state index contributed by atoms with van der Waals surface area (Å²) >= 11 is 0. The van der Waals surface area contributed by atoms with Gasteiger partial charge in [-0.2, -0.15) is 0 Å². The summed E-state index contributed by atoms with van der Waals surface area (Å²) in [5.41, 5.74) is 2.95. The monoisotopic (exact) mass is 105 g/mol. The van der Waals surface area contributed by atoms with Gasteiger partial charge in [0.1, 0.15) is 0 Å². The minimum absolute atomic E-state index is 0.432. The summed E-state index contributed by atoms with van der Waals surface area (Å²) in [5, 5.41) is 0. The van der Waals surface area contributed by atoms with Crippen LogP contribution in [0, 0.1) is 6.92 Å². The number of benzene rings is 1. The van der Waals surface area contributed by atoms with Crippen molar-refractivity contribution < 1.29 is 0 Å². The van der Waals surface area contributed by atoms with E-state index >= 15 is 0 Å². The average molecular weight is 105 g/mol. The lowest BCUT2D eigenvalue weighted by atomic mass is 9.96. The third kappa shape index (κ3) is 1.13. The molecule has 0 aliphatic carbocycles. The molecule has 0 aromatic heterocycles. The summed E-state index contributed by atoms with van der Waals surface area (Å²) in [6.07, 6.45) is 0. The third-order valence-electron chi connectivity index (χ3n) is 0.885. The van der Waals surface area contributed by atoms with Crippen molar-refractivity contribution in [2.75, 3.05) is 0 Å². The van der Waals surface area contributed by atoms with E-state index in [4.69, 9.17) is 0 Å². The molecule has 0 atom stereocenters. The quantitative estimate of drug-likeness (QED) is 0.407. The standard InChI is InChI=1S/C7H10B/c1-6-2-4-7(8)5-3-6/h2-5H,1,8H3/q-1. The highest BCUT2D eigenvalue weighted by Gasteiger charge is 1.75. The van der Waals surface area contributed by atoms with E-state index in [0.717, 1.165) is 0 Å². The maximum Gasteiger partial charge on any atom is -0.0201 e. The van der Waals surface area contributed by atoms with E-state index in [1.165, 1.54) is 5.56 Å². The fraction of sp³-hybridized carbons (Fsp3) is 0.143. The molecular weight excluding hydrogens is 94.9 g/mol. The van der Waals surface area contributed by atoms with Crippen LogP contribution in [0.4, 0.5) is 0 Å². The van der Waals surface area contributed by atoms with Crippen molar-refractivity contribution >= 4 is 13.3 Å². The molecule has 0 heterocycles. The Kier molecular flexibility index (Phi) is 1.38. The normalized spacial score (nSPS) is 9.25. The smallest absolute Gasteiger partial charge is 0.0201 e. The zero-order chi connectivity index (χ0) is 5.98. The Morgan fingerprint density at radius 2 is 1.62 bits per heavy atom. The van der Waals surface area contributed by atoms with E-state index < -0.39 is 0 Å². The van der Waals surface area contributed by atoms with Crippen molar-refractivity contribution in [2.24, 2.45) is 0 Å². The van der Waals surface area contributed by atoms with Crippen molar-refractivity contribution in [1.29, 1.82) is 0 Å². The Labute approximate surface area is 50.9 Å². The molecule has 0 radical (unpaired) electrons. The van der Waals surface area contributed by atoms with Gasteiger partial charge < -0.3 is 0 Å². The van der Waals surface area contributed by atoms with Crippen molar-refractivity contribution in [1.82, 2.24) is 0 Å². The van der Waals surface area contributed by atoms with E-state index in [2.05, 4.69) is 31.2 Å². The highest BCUT2D eigenvalue weighted by Crippen LogP contribution is 1.90. The second-order valence-corrected chi connectivity index (χ2v) is 1.58. The average Bonchev–Trinajstić information content (AvgIpc) is 1.77. The van der Waals surface area contributed by atoms with E-state index in [0.29, 0.717) is 7.85 Å². The molecule has 0 saturated heterocycles. The second-order valence-electron chi connectivity index (χ2n) is 1.58. The molecule has 0 fully saturated rings. The summed E-state index contributed by atoms with van der Waals surface area (Å²) in [6, 6.07) is 8.83. The fourth-order valence-corrected chi connectivity index (χ4v) is 0.470. The summed E-state index contributed by atoms with van der Waals surface area (Å²) in [6.45, 7) is 2.12. The van der Waals surface area contributed by atoms with Crippen LogP contribution in [0.1, 0.15) is 5.56 Å². The van der Waals surface area contributed by atoms with Crippen LogP contribution in [-0.2, 0) is 0 Å². The van der Waals surface area contributed by atoms with Gasteiger partial charge in [0, 0.05) is 0 Å². The van der Waals surface area contributed by atoms with Gasteiger partial charge in [0.2, 0.25) is 0 Å². The number of rotatable bonds is 0. The van der Waals surface area contributed by atoms with Crippen molar-refractivity contribution in [3.8, 4) is 0 Å². The van der Waals surface area contributed by atoms with E-state index in [1.54, 1.807) is 5.46 Å². The molecule has 0 aliphatic heterocycles. The molecule has 0 saturated carbocycles. The van der Waals surface area contributed by atoms with Gasteiger partial charge in [-0.3, -0.25) is 0 Å². The molecular formula is C7H10B-. The third-order valence-corrected chi connectivity index (χ3v) is 0.885. The van der Waals surface area contributed by atoms with Gasteiger partial charge in [-0.1, -0.05) is 29.8 Å². The summed E-state index contributed by atoms with van der Waals surface area (Å²) in [4.78, 5) is 0. The Bertz CT molecular complexity index is 143. The Hall–Kier alpha value is -0.715. The number of hydrogen-bond donors (Lipinski definition) is 0. The maximum absolute atomic E-state index is 2.23. The molecule has 1 aromatic carbocycles. The molecule has 0 nitrogen and oxygen atoms in total. The van der Waals surface area contributed by atoms with Gasteiger partial charge in [0.15, 0.2) is 0 Å². The first-order valence-corrected chi connectivity index (χ1v) is 2.32. The number of hydrogen-bond acceptors (Lipinski definition) is 0. The summed E-state index contributed by atoms with van der Waals surface area (Å²) in [7, 11) is 0.432. The van der Waals surface area contributed by atoms with Crippen LogP contribution >= 0.6 is 0 Å². The molecule has 0 bridgehead atoms. The first-order valence-electron chi connectivity index (χ1n) is 2.32. The van der Waals surface area contributed by atoms with Crippen LogP contribution in [0.3, 0.4) is 0 Å². The molecule has 1 rings (SSSR count). The lowest BCUT2D eigenvalue weighted by molar-refractivity contribution is 1.49. The zero-order valence-electron chi connectivity index (χ0n) is 4.31. The fourth-order valence-electron chi connectivity index (χ4n) is 0.470. The molecule has 0 unspecified atom stereocenters. The van der Waals surface area contributed by atoms with Crippen LogP contribution in [0.5, 0.6) is 0 Å². The van der Waals surface area contributed by atoms with Gasteiger partial charge in [-0.25, -0.2) is 5.46 Å². The topological polar surface area (TPSA) is 0 Å². The van der Waals surface area contributed by atoms with E-state index in [9.17, 15) is 0 Å². The Morgan fingerprint density at radius 1 is 1.12 bits per heavy atom. The molecule has 8 heavy (non-hydrogen) atoms. The van der Waals surface area contributed by atoms with Crippen molar-refractivity contribution in [2.45, 2.75) is 6.92 Å². The molecule has 0 aliphatic rings. The van der Waals surface area contributed by atoms with Crippen molar-refractivity contribution in [3.05, 3.63) is 29.8 Å². The lowest BCUT2D eigenvalue weighted by Gasteiger charge is -1.94. The van der Waals surface area contributed by atoms with Crippen LogP contribution in [0.15, 0.2) is 24.3 Å². The van der Waals surface area contributed by atoms with Gasteiger partial charge in [0.25, 0.3) is 0 Å². The molecule has 0 spiro atoms. The highest BCUT2D eigenvalue weighted by molar-refractivity contribution is 6.32. The summed E-state index contributed by atoms with van der Waals surface area (Å²) < 4.78 is 0. The van der Waals surface area contributed by atoms with E-state index in [1.807, 2.05) is 0 Å². The van der Waals surface area contributed by atoms with E-state index in [-0.39, 0.29) is 0 Å². The van der Waals surface area contributed by atoms with Crippen LogP contribution in [-0.4, -0.2) is 7.85 Å². The van der Waals surface area contributed by atoms with Gasteiger partial charge in [-0.05, 0) is 14.8 Å². The molecule has 42 valence electrons. The SMILES string of the molecule is [BH3-]c1ccc(C)cc1. The van der Waals surface area contributed by atoms with Crippen LogP contribution < -0.4 is 5.46 Å². The predicted octanol–water partition coefficient (Wildman–Crippen LogP) is -0.0143. The minimum Gasteiger partial charge on any atom is -0.221 e. The van der Waals surface area contributed by atoms with Gasteiger partial charge in [-0.15, -0.1) is 0 Å². The van der Waals surface area contributed by atoms with Crippen LogP contribution in [0.2, 0.25) is 0 Å². The molecule has 0 N–H and O–H groups in total. The maximum atomic E-state index is 2.23. The largest absolute Gasteiger partial charge is 0.221 e. The lowest BCUT2D eigenvalue weighted by Crippen LogP contribution is -1.98. The second kappa shape index (κ2) is 2.04. The van der Waals surface area contributed by atoms with Crippen molar-refractivity contribution in [3.63, 3.8) is 0 Å². The molecule has 1 aromatic rings. The van der Waals surface area contributed by atoms with Crippen LogP contribution in [0.25, 0.3) is 0 Å². The summed E-state index contributed by atoms with van der Waals surface area (Å²) in [5.74, 6) is 0. The first-order chi connectivity index (χ1) is 3.79. The predicted molar refractivity (Wildman–Crippen MR) is 40.8 cm³/mol. The first kappa shape index (κ1) is 5.42.